The molecule has 0 amide bonds. The van der Waals surface area contributed by atoms with Gasteiger partial charge in [-0.05, 0) is 15.9 Å². The van der Waals surface area contributed by atoms with Crippen LogP contribution in [0.1, 0.15) is 18.2 Å². The van der Waals surface area contributed by atoms with E-state index in [1.54, 1.807) is 6.07 Å². The van der Waals surface area contributed by atoms with E-state index in [0.717, 1.165) is 0 Å². The Kier molecular flexibility index (Phi) is 3.95. The third-order valence-electron chi connectivity index (χ3n) is 1.61. The van der Waals surface area contributed by atoms with Crippen LogP contribution in [0.2, 0.25) is 0 Å². The number of rotatable bonds is 3. The van der Waals surface area contributed by atoms with Gasteiger partial charge in [-0.1, -0.05) is 0 Å². The van der Waals surface area contributed by atoms with Crippen LogP contribution in [0, 0.1) is 11.3 Å². The van der Waals surface area contributed by atoms with Crippen LogP contribution in [-0.4, -0.2) is 26.3 Å². The fourth-order valence-electron chi connectivity index (χ4n) is 0.877. The molecular weight excluding hydrogens is 250 g/mol. The first-order chi connectivity index (χ1) is 6.65. The normalized spacial score (nSPS) is 14.4. The van der Waals surface area contributed by atoms with Crippen molar-refractivity contribution in [2.75, 3.05) is 0 Å². The van der Waals surface area contributed by atoms with Gasteiger partial charge < -0.3 is 10.2 Å². The summed E-state index contributed by atoms with van der Waals surface area (Å²) < 4.78 is 0.545. The monoisotopic (exact) mass is 257 g/mol. The van der Waals surface area contributed by atoms with Crippen LogP contribution in [0.3, 0.4) is 0 Å². The van der Waals surface area contributed by atoms with E-state index in [4.69, 9.17) is 5.26 Å². The molecule has 0 spiro atoms. The Hall–Kier alpha value is -1.03. The SMILES string of the molecule is N#CCC(O)C(O)c1cnc(Br)cn1. The second-order valence-corrected chi connectivity index (χ2v) is 3.45. The average molecular weight is 258 g/mol. The summed E-state index contributed by atoms with van der Waals surface area (Å²) in [7, 11) is 0. The van der Waals surface area contributed by atoms with Crippen molar-refractivity contribution in [3.05, 3.63) is 22.7 Å². The Morgan fingerprint density at radius 3 is 2.64 bits per heavy atom. The number of aliphatic hydroxyl groups excluding tert-OH is 2. The molecule has 0 fully saturated rings. The predicted molar refractivity (Wildman–Crippen MR) is 50.9 cm³/mol. The zero-order chi connectivity index (χ0) is 10.6. The standard InChI is InChI=1S/C8H8BrN3O2/c9-7-4-11-5(3-12-7)8(14)6(13)1-2-10/h3-4,6,8,13-14H,1H2. The fourth-order valence-corrected chi connectivity index (χ4v) is 1.08. The van der Waals surface area contributed by atoms with Crippen molar-refractivity contribution in [3.63, 3.8) is 0 Å². The van der Waals surface area contributed by atoms with Crippen molar-refractivity contribution in [1.82, 2.24) is 9.97 Å². The maximum absolute atomic E-state index is 9.49. The molecule has 0 radical (unpaired) electrons. The van der Waals surface area contributed by atoms with Crippen LogP contribution in [0.4, 0.5) is 0 Å². The average Bonchev–Trinajstić information content (AvgIpc) is 2.18. The summed E-state index contributed by atoms with van der Waals surface area (Å²) >= 11 is 3.09. The number of hydrogen-bond donors (Lipinski definition) is 2. The Bertz CT molecular complexity index is 335. The molecule has 5 nitrogen and oxygen atoms in total. The molecule has 14 heavy (non-hydrogen) atoms. The van der Waals surface area contributed by atoms with Crippen LogP contribution in [0.25, 0.3) is 0 Å². The first kappa shape index (κ1) is 11.0. The molecule has 1 aromatic heterocycles. The molecule has 0 saturated heterocycles. The Labute approximate surface area is 89.2 Å². The van der Waals surface area contributed by atoms with Gasteiger partial charge in [-0.3, -0.25) is 4.98 Å². The minimum Gasteiger partial charge on any atom is -0.389 e. The summed E-state index contributed by atoms with van der Waals surface area (Å²) in [5, 5.41) is 27.1. The Morgan fingerprint density at radius 1 is 1.43 bits per heavy atom. The van der Waals surface area contributed by atoms with E-state index >= 15 is 0 Å². The molecule has 2 atom stereocenters. The van der Waals surface area contributed by atoms with E-state index < -0.39 is 12.2 Å². The number of nitrogens with zero attached hydrogens (tertiary/aromatic N) is 3. The second kappa shape index (κ2) is 5.00. The van der Waals surface area contributed by atoms with Gasteiger partial charge in [0.2, 0.25) is 0 Å². The number of nitriles is 1. The van der Waals surface area contributed by atoms with Gasteiger partial charge >= 0.3 is 0 Å². The number of aromatic nitrogens is 2. The topological polar surface area (TPSA) is 90.0 Å². The largest absolute Gasteiger partial charge is 0.389 e. The van der Waals surface area contributed by atoms with E-state index in [-0.39, 0.29) is 12.1 Å². The Balaban J connectivity index is 2.74. The summed E-state index contributed by atoms with van der Waals surface area (Å²) in [4.78, 5) is 7.70. The van der Waals surface area contributed by atoms with Crippen molar-refractivity contribution in [3.8, 4) is 6.07 Å². The second-order valence-electron chi connectivity index (χ2n) is 2.64. The molecule has 2 N–H and O–H groups in total. The van der Waals surface area contributed by atoms with Gasteiger partial charge in [0, 0.05) is 0 Å². The minimum atomic E-state index is -1.17. The zero-order valence-electron chi connectivity index (χ0n) is 7.13. The van der Waals surface area contributed by atoms with Crippen molar-refractivity contribution in [1.29, 1.82) is 5.26 Å². The zero-order valence-corrected chi connectivity index (χ0v) is 8.72. The van der Waals surface area contributed by atoms with Gasteiger partial charge in [-0.2, -0.15) is 5.26 Å². The minimum absolute atomic E-state index is 0.140. The lowest BCUT2D eigenvalue weighted by Crippen LogP contribution is -2.18. The number of aliphatic hydroxyl groups is 2. The van der Waals surface area contributed by atoms with Crippen molar-refractivity contribution in [2.24, 2.45) is 0 Å². The van der Waals surface area contributed by atoms with Crippen LogP contribution >= 0.6 is 15.9 Å². The molecule has 1 heterocycles. The molecule has 1 rings (SSSR count). The highest BCUT2D eigenvalue weighted by molar-refractivity contribution is 9.10. The lowest BCUT2D eigenvalue weighted by atomic mass is 10.1. The van der Waals surface area contributed by atoms with Gasteiger partial charge in [0.1, 0.15) is 10.7 Å². The van der Waals surface area contributed by atoms with Gasteiger partial charge in [0.05, 0.1) is 36.7 Å². The lowest BCUT2D eigenvalue weighted by molar-refractivity contribution is 0.0188. The molecule has 74 valence electrons. The smallest absolute Gasteiger partial charge is 0.124 e. The molecule has 0 bridgehead atoms. The molecule has 6 heteroatoms. The van der Waals surface area contributed by atoms with Crippen molar-refractivity contribution < 1.29 is 10.2 Å². The van der Waals surface area contributed by atoms with Crippen LogP contribution in [0.15, 0.2) is 17.0 Å². The summed E-state index contributed by atoms with van der Waals surface area (Å²) in [6.45, 7) is 0. The molecule has 0 aliphatic heterocycles. The van der Waals surface area contributed by atoms with Crippen LogP contribution < -0.4 is 0 Å². The predicted octanol–water partition coefficient (Wildman–Crippen LogP) is 0.547. The van der Waals surface area contributed by atoms with E-state index in [1.165, 1.54) is 12.4 Å². The molecular formula is C8H8BrN3O2. The highest BCUT2D eigenvalue weighted by Gasteiger charge is 2.19. The highest BCUT2D eigenvalue weighted by Crippen LogP contribution is 2.16. The number of hydrogen-bond acceptors (Lipinski definition) is 5. The summed E-state index contributed by atoms with van der Waals surface area (Å²) in [6.07, 6.45) is 0.317. The first-order valence-corrected chi connectivity index (χ1v) is 4.65. The van der Waals surface area contributed by atoms with Crippen LogP contribution in [0.5, 0.6) is 0 Å². The summed E-state index contributed by atoms with van der Waals surface area (Å²) in [6, 6.07) is 1.76. The third kappa shape index (κ3) is 2.73. The van der Waals surface area contributed by atoms with E-state index in [2.05, 4.69) is 25.9 Å². The van der Waals surface area contributed by atoms with Gasteiger partial charge in [-0.15, -0.1) is 0 Å². The first-order valence-electron chi connectivity index (χ1n) is 3.85. The maximum atomic E-state index is 9.49. The number of halogens is 1. The van der Waals surface area contributed by atoms with E-state index in [0.29, 0.717) is 4.60 Å². The van der Waals surface area contributed by atoms with Crippen LogP contribution in [-0.2, 0) is 0 Å². The molecule has 0 saturated carbocycles. The van der Waals surface area contributed by atoms with Crippen molar-refractivity contribution in [2.45, 2.75) is 18.6 Å². The maximum Gasteiger partial charge on any atom is 0.124 e. The van der Waals surface area contributed by atoms with Gasteiger partial charge in [-0.25, -0.2) is 4.98 Å². The summed E-state index contributed by atoms with van der Waals surface area (Å²) in [5.74, 6) is 0. The van der Waals surface area contributed by atoms with Crippen molar-refractivity contribution >= 4 is 15.9 Å². The molecule has 0 aliphatic rings. The van der Waals surface area contributed by atoms with Gasteiger partial charge in [0.15, 0.2) is 0 Å². The molecule has 1 aromatic rings. The molecule has 2 unspecified atom stereocenters. The quantitative estimate of drug-likeness (QED) is 0.826. The van der Waals surface area contributed by atoms with E-state index in [1.807, 2.05) is 0 Å². The lowest BCUT2D eigenvalue weighted by Gasteiger charge is -2.13. The highest BCUT2D eigenvalue weighted by atomic mass is 79.9. The van der Waals surface area contributed by atoms with E-state index in [9.17, 15) is 10.2 Å². The molecule has 0 aromatic carbocycles. The van der Waals surface area contributed by atoms with Gasteiger partial charge in [0.25, 0.3) is 0 Å². The molecule has 0 aliphatic carbocycles. The fraction of sp³-hybridized carbons (Fsp3) is 0.375. The third-order valence-corrected chi connectivity index (χ3v) is 2.02. The Morgan fingerprint density at radius 2 is 2.14 bits per heavy atom. The summed E-state index contributed by atoms with van der Waals surface area (Å²) in [5.41, 5.74) is 0.246.